The predicted octanol–water partition coefficient (Wildman–Crippen LogP) is 3.17. The maximum Gasteiger partial charge on any atom is 0.253 e. The minimum absolute atomic E-state index is 0.133. The predicted molar refractivity (Wildman–Crippen MR) is 118 cm³/mol. The smallest absolute Gasteiger partial charge is 0.253 e. The van der Waals surface area contributed by atoms with Crippen molar-refractivity contribution < 1.29 is 18.0 Å². The number of hydrogen-bond donors (Lipinski definition) is 2. The summed E-state index contributed by atoms with van der Waals surface area (Å²) < 4.78 is 27.3. The third kappa shape index (κ3) is 5.27. The molecule has 2 aromatic rings. The number of benzene rings is 1. The number of amides is 2. The van der Waals surface area contributed by atoms with Gasteiger partial charge in [0.05, 0.1) is 17.2 Å². The van der Waals surface area contributed by atoms with E-state index in [9.17, 15) is 18.0 Å². The molecule has 1 saturated heterocycles. The largest absolute Gasteiger partial charge is 0.352 e. The number of carbonyl (C=O) groups is 2. The van der Waals surface area contributed by atoms with Crippen LogP contribution in [-0.4, -0.2) is 44.2 Å². The van der Waals surface area contributed by atoms with Crippen LogP contribution in [0.15, 0.2) is 46.0 Å². The van der Waals surface area contributed by atoms with Crippen LogP contribution in [0.5, 0.6) is 0 Å². The average Bonchev–Trinajstić information content (AvgIpc) is 3.28. The molecule has 0 saturated carbocycles. The summed E-state index contributed by atoms with van der Waals surface area (Å²) in [7, 11) is -3.59. The first-order chi connectivity index (χ1) is 14.3. The fourth-order valence-corrected chi connectivity index (χ4v) is 6.00. The van der Waals surface area contributed by atoms with Gasteiger partial charge in [-0.3, -0.25) is 9.59 Å². The van der Waals surface area contributed by atoms with E-state index in [-0.39, 0.29) is 22.6 Å². The molecule has 3 rings (SSSR count). The molecule has 2 amide bonds. The maximum atomic E-state index is 12.9. The number of carbonyl (C=O) groups excluding carboxylic acids is 2. The number of rotatable bonds is 7. The summed E-state index contributed by atoms with van der Waals surface area (Å²) in [5.41, 5.74) is 0.826. The summed E-state index contributed by atoms with van der Waals surface area (Å²) in [6.07, 6.45) is 1.21. The van der Waals surface area contributed by atoms with Gasteiger partial charge in [0.25, 0.3) is 15.9 Å². The van der Waals surface area contributed by atoms with Gasteiger partial charge in [-0.25, -0.2) is 8.42 Å². The van der Waals surface area contributed by atoms with Gasteiger partial charge in [-0.15, -0.1) is 11.3 Å². The number of hydrogen-bond acceptors (Lipinski definition) is 5. The number of nitrogens with one attached hydrogen (secondary N) is 2. The molecule has 1 aliphatic heterocycles. The van der Waals surface area contributed by atoms with Gasteiger partial charge in [0.1, 0.15) is 4.21 Å². The molecule has 1 aromatic heterocycles. The monoisotopic (exact) mass is 449 g/mol. The lowest BCUT2D eigenvalue weighted by atomic mass is 9.98. The van der Waals surface area contributed by atoms with Crippen LogP contribution in [0.1, 0.15) is 37.0 Å². The molecule has 1 fully saturated rings. The molecule has 1 atom stereocenters. The van der Waals surface area contributed by atoms with Crippen molar-refractivity contribution in [1.82, 2.24) is 9.62 Å². The van der Waals surface area contributed by atoms with Crippen LogP contribution in [0.4, 0.5) is 5.69 Å². The SMILES string of the molecule is CC(C)CNC(=O)c1ccccc1NC(=O)C1CCCN(S(=O)(=O)c2cccs2)C1. The van der Waals surface area contributed by atoms with Gasteiger partial charge in [0.2, 0.25) is 5.91 Å². The second-order valence-electron chi connectivity index (χ2n) is 7.77. The van der Waals surface area contributed by atoms with Crippen LogP contribution < -0.4 is 10.6 Å². The Bertz CT molecular complexity index is 987. The van der Waals surface area contributed by atoms with Crippen LogP contribution in [0.3, 0.4) is 0 Å². The van der Waals surface area contributed by atoms with Crippen LogP contribution in [0, 0.1) is 11.8 Å². The van der Waals surface area contributed by atoms with Crippen LogP contribution >= 0.6 is 11.3 Å². The highest BCUT2D eigenvalue weighted by atomic mass is 32.2. The molecular formula is C21H27N3O4S2. The zero-order valence-electron chi connectivity index (χ0n) is 17.1. The number of sulfonamides is 1. The number of nitrogens with zero attached hydrogens (tertiary/aromatic N) is 1. The van der Waals surface area contributed by atoms with Gasteiger partial charge < -0.3 is 10.6 Å². The zero-order valence-corrected chi connectivity index (χ0v) is 18.8. The minimum Gasteiger partial charge on any atom is -0.352 e. The molecular weight excluding hydrogens is 422 g/mol. The third-order valence-electron chi connectivity index (χ3n) is 4.94. The summed E-state index contributed by atoms with van der Waals surface area (Å²) in [5, 5.41) is 7.42. The second kappa shape index (κ2) is 9.72. The molecule has 162 valence electrons. The fraction of sp³-hybridized carbons (Fsp3) is 0.429. The molecule has 30 heavy (non-hydrogen) atoms. The van der Waals surface area contributed by atoms with Gasteiger partial charge in [-0.1, -0.05) is 32.0 Å². The molecule has 0 bridgehead atoms. The summed E-state index contributed by atoms with van der Waals surface area (Å²) in [6.45, 7) is 5.09. The lowest BCUT2D eigenvalue weighted by Crippen LogP contribution is -2.43. The van der Waals surface area contributed by atoms with E-state index in [2.05, 4.69) is 10.6 Å². The molecule has 1 aliphatic rings. The average molecular weight is 450 g/mol. The Hall–Kier alpha value is -2.23. The lowest BCUT2D eigenvalue weighted by Gasteiger charge is -2.31. The van der Waals surface area contributed by atoms with Gasteiger partial charge in [-0.2, -0.15) is 4.31 Å². The Balaban J connectivity index is 1.70. The van der Waals surface area contributed by atoms with Crippen molar-refractivity contribution in [2.75, 3.05) is 25.0 Å². The van der Waals surface area contributed by atoms with Crippen molar-refractivity contribution in [3.63, 3.8) is 0 Å². The van der Waals surface area contributed by atoms with E-state index in [0.29, 0.717) is 43.1 Å². The summed E-state index contributed by atoms with van der Waals surface area (Å²) >= 11 is 1.17. The molecule has 0 spiro atoms. The maximum absolute atomic E-state index is 12.9. The van der Waals surface area contributed by atoms with Crippen LogP contribution in [0.2, 0.25) is 0 Å². The van der Waals surface area contributed by atoms with E-state index < -0.39 is 15.9 Å². The first-order valence-corrected chi connectivity index (χ1v) is 12.3. The van der Waals surface area contributed by atoms with Gasteiger partial charge in [0, 0.05) is 19.6 Å². The van der Waals surface area contributed by atoms with E-state index >= 15 is 0 Å². The summed E-state index contributed by atoms with van der Waals surface area (Å²) in [6, 6.07) is 10.1. The van der Waals surface area contributed by atoms with E-state index in [1.807, 2.05) is 13.8 Å². The van der Waals surface area contributed by atoms with Crippen LogP contribution in [-0.2, 0) is 14.8 Å². The Morgan fingerprint density at radius 3 is 2.67 bits per heavy atom. The highest BCUT2D eigenvalue weighted by Gasteiger charge is 2.34. The summed E-state index contributed by atoms with van der Waals surface area (Å²) in [5.74, 6) is -0.676. The zero-order chi connectivity index (χ0) is 21.7. The molecule has 7 nitrogen and oxygen atoms in total. The van der Waals surface area contributed by atoms with Crippen molar-refractivity contribution in [3.05, 3.63) is 47.3 Å². The first kappa shape index (κ1) is 22.5. The molecule has 2 heterocycles. The van der Waals surface area contributed by atoms with Crippen molar-refractivity contribution in [3.8, 4) is 0 Å². The Labute approximate surface area is 181 Å². The number of anilines is 1. The minimum atomic E-state index is -3.59. The van der Waals surface area contributed by atoms with E-state index in [4.69, 9.17) is 0 Å². The lowest BCUT2D eigenvalue weighted by molar-refractivity contribution is -0.120. The second-order valence-corrected chi connectivity index (χ2v) is 10.9. The molecule has 2 N–H and O–H groups in total. The molecule has 0 radical (unpaired) electrons. The molecule has 9 heteroatoms. The van der Waals surface area contributed by atoms with E-state index in [1.54, 1.807) is 41.8 Å². The standard InChI is InChI=1S/C21H27N3O4S2/c1-15(2)13-22-21(26)17-8-3-4-9-18(17)23-20(25)16-7-5-11-24(14-16)30(27,28)19-10-6-12-29-19/h3-4,6,8-10,12,15-16H,5,7,11,13-14H2,1-2H3,(H,22,26)(H,23,25). The fourth-order valence-electron chi connectivity index (χ4n) is 3.33. The molecule has 1 unspecified atom stereocenters. The first-order valence-electron chi connectivity index (χ1n) is 10.0. The number of para-hydroxylation sites is 1. The topological polar surface area (TPSA) is 95.6 Å². The van der Waals surface area contributed by atoms with E-state index in [0.717, 1.165) is 0 Å². The van der Waals surface area contributed by atoms with Crippen molar-refractivity contribution in [1.29, 1.82) is 0 Å². The molecule has 1 aromatic carbocycles. The third-order valence-corrected chi connectivity index (χ3v) is 8.18. The Morgan fingerprint density at radius 2 is 1.97 bits per heavy atom. The normalized spacial score (nSPS) is 17.6. The van der Waals surface area contributed by atoms with Gasteiger partial charge >= 0.3 is 0 Å². The highest BCUT2D eigenvalue weighted by Crippen LogP contribution is 2.27. The Morgan fingerprint density at radius 1 is 1.20 bits per heavy atom. The quantitative estimate of drug-likeness (QED) is 0.679. The van der Waals surface area contributed by atoms with Gasteiger partial charge in [-0.05, 0) is 42.3 Å². The highest BCUT2D eigenvalue weighted by molar-refractivity contribution is 7.91. The molecule has 0 aliphatic carbocycles. The number of thiophene rings is 1. The van der Waals surface area contributed by atoms with E-state index in [1.165, 1.54) is 15.6 Å². The van der Waals surface area contributed by atoms with Crippen molar-refractivity contribution in [2.24, 2.45) is 11.8 Å². The van der Waals surface area contributed by atoms with Crippen molar-refractivity contribution >= 4 is 38.9 Å². The number of piperidine rings is 1. The summed E-state index contributed by atoms with van der Waals surface area (Å²) in [4.78, 5) is 25.4. The van der Waals surface area contributed by atoms with Crippen LogP contribution in [0.25, 0.3) is 0 Å². The van der Waals surface area contributed by atoms with Gasteiger partial charge in [0.15, 0.2) is 0 Å². The van der Waals surface area contributed by atoms with Crippen molar-refractivity contribution in [2.45, 2.75) is 30.9 Å². The Kier molecular flexibility index (Phi) is 7.27.